The van der Waals surface area contributed by atoms with E-state index in [2.05, 4.69) is 145 Å². The molecule has 2 rings (SSSR count). The molecule has 0 amide bonds. The van der Waals surface area contributed by atoms with Gasteiger partial charge in [0.1, 0.15) is 0 Å². The zero-order valence-corrected chi connectivity index (χ0v) is 37.6. The first-order valence-corrected chi connectivity index (χ1v) is 20.3. The Bertz CT molecular complexity index is 296. The van der Waals surface area contributed by atoms with E-state index >= 15 is 0 Å². The van der Waals surface area contributed by atoms with Crippen molar-refractivity contribution in [1.82, 2.24) is 0 Å². The van der Waals surface area contributed by atoms with Crippen LogP contribution in [0.1, 0.15) is 257 Å². The van der Waals surface area contributed by atoms with E-state index in [1.807, 2.05) is 27.7 Å². The van der Waals surface area contributed by atoms with Gasteiger partial charge in [-0.2, -0.15) is 0 Å². The van der Waals surface area contributed by atoms with Crippen LogP contribution in [0.15, 0.2) is 0 Å². The Kier molecular flexibility index (Phi) is 99.0. The molecule has 0 aromatic rings. The van der Waals surface area contributed by atoms with Crippen molar-refractivity contribution in [3.05, 3.63) is 0 Å². The minimum absolute atomic E-state index is 0.500. The topological polar surface area (TPSA) is 0 Å². The summed E-state index contributed by atoms with van der Waals surface area (Å²) >= 11 is 0. The van der Waals surface area contributed by atoms with Gasteiger partial charge in [0.15, 0.2) is 0 Å². The molecule has 0 heteroatoms. The van der Waals surface area contributed by atoms with Crippen molar-refractivity contribution in [2.24, 2.45) is 35.0 Å². The molecule has 44 heavy (non-hydrogen) atoms. The van der Waals surface area contributed by atoms with Gasteiger partial charge in [-0.25, -0.2) is 0 Å². The molecule has 0 heterocycles. The molecule has 2 fully saturated rings. The van der Waals surface area contributed by atoms with E-state index in [9.17, 15) is 0 Å². The Morgan fingerprint density at radius 1 is 0.477 bits per heavy atom. The molecular weight excluding hydrogens is 528 g/mol. The van der Waals surface area contributed by atoms with Crippen LogP contribution in [-0.2, 0) is 0 Å². The lowest BCUT2D eigenvalue weighted by atomic mass is 9.88. The van der Waals surface area contributed by atoms with Crippen LogP contribution in [0.5, 0.6) is 0 Å². The minimum Gasteiger partial charge on any atom is -0.0683 e. The fourth-order valence-corrected chi connectivity index (χ4v) is 1.13. The predicted molar refractivity (Wildman–Crippen MR) is 222 cm³/mol. The van der Waals surface area contributed by atoms with Crippen molar-refractivity contribution in [2.75, 3.05) is 0 Å². The highest BCUT2D eigenvalue weighted by Crippen LogP contribution is 2.26. The van der Waals surface area contributed by atoms with Crippen molar-refractivity contribution in [1.29, 1.82) is 0 Å². The van der Waals surface area contributed by atoms with Crippen molar-refractivity contribution in [3.8, 4) is 0 Å². The van der Waals surface area contributed by atoms with E-state index in [-0.39, 0.29) is 0 Å². The highest BCUT2D eigenvalue weighted by molar-refractivity contribution is 4.65. The minimum atomic E-state index is 0.500. The lowest BCUT2D eigenvalue weighted by Crippen LogP contribution is -2.04. The summed E-state index contributed by atoms with van der Waals surface area (Å²) in [5, 5.41) is 0. The summed E-state index contributed by atoms with van der Waals surface area (Å²) in [7, 11) is 0. The molecule has 0 radical (unpaired) electrons. The van der Waals surface area contributed by atoms with Crippen LogP contribution in [0.2, 0.25) is 0 Å². The molecule has 2 aliphatic rings. The summed E-state index contributed by atoms with van der Waals surface area (Å²) in [5.41, 5.74) is 0.500. The molecule has 0 atom stereocenters. The average molecular weight is 635 g/mol. The van der Waals surface area contributed by atoms with Gasteiger partial charge >= 0.3 is 0 Å². The summed E-state index contributed by atoms with van der Waals surface area (Å²) in [6.45, 7) is 54.2. The molecule has 0 aromatic carbocycles. The zero-order chi connectivity index (χ0) is 37.6. The van der Waals surface area contributed by atoms with Crippen LogP contribution in [0, 0.1) is 35.0 Å². The fourth-order valence-electron chi connectivity index (χ4n) is 1.13. The molecule has 0 bridgehead atoms. The molecule has 0 nitrogen and oxygen atoms in total. The Labute approximate surface area is 290 Å². The third-order valence-corrected chi connectivity index (χ3v) is 5.10. The van der Waals surface area contributed by atoms with Gasteiger partial charge < -0.3 is 0 Å². The molecule has 0 aromatic heterocycles. The predicted octanol–water partition coefficient (Wildman–Crippen LogP) is 18.5. The maximum atomic E-state index is 2.31. The van der Waals surface area contributed by atoms with E-state index < -0.39 is 0 Å². The molecule has 0 spiro atoms. The second-order valence-electron chi connectivity index (χ2n) is 15.1. The fraction of sp³-hybridized carbons (Fsp3) is 1.00. The Balaban J connectivity index is -0.0000000442. The smallest absolute Gasteiger partial charge is 0.0411 e. The van der Waals surface area contributed by atoms with Crippen molar-refractivity contribution < 1.29 is 0 Å². The van der Waals surface area contributed by atoms with E-state index in [1.54, 1.807) is 0 Å². The van der Waals surface area contributed by atoms with Gasteiger partial charge in [0.2, 0.25) is 0 Å². The molecule has 0 saturated heterocycles. The number of hydrogen-bond acceptors (Lipinski definition) is 0. The van der Waals surface area contributed by atoms with E-state index in [0.717, 1.165) is 29.6 Å². The Hall–Kier alpha value is 0. The van der Waals surface area contributed by atoms with Gasteiger partial charge in [-0.05, 0) is 35.0 Å². The molecule has 2 aliphatic carbocycles. The second-order valence-corrected chi connectivity index (χ2v) is 15.1. The molecular formula is C44H106. The average Bonchev–Trinajstić information content (AvgIpc) is 3.73. The molecule has 0 unspecified atom stereocenters. The summed E-state index contributed by atoms with van der Waals surface area (Å²) in [6.07, 6.45) is 18.0. The highest BCUT2D eigenvalue weighted by Gasteiger charge is 2.12. The quantitative estimate of drug-likeness (QED) is 0.282. The largest absolute Gasteiger partial charge is 0.0683 e. The normalized spacial score (nSPS) is 12.0. The zero-order valence-electron chi connectivity index (χ0n) is 37.6. The van der Waals surface area contributed by atoms with Crippen LogP contribution in [0.25, 0.3) is 0 Å². The Morgan fingerprint density at radius 2 is 0.636 bits per heavy atom. The lowest BCUT2D eigenvalue weighted by molar-refractivity contribution is 0.346. The third kappa shape index (κ3) is 276. The van der Waals surface area contributed by atoms with Crippen molar-refractivity contribution >= 4 is 0 Å². The summed E-state index contributed by atoms with van der Waals surface area (Å²) in [5.74, 6) is 4.75. The first-order valence-electron chi connectivity index (χ1n) is 20.3. The molecule has 0 aliphatic heterocycles. The third-order valence-electron chi connectivity index (χ3n) is 5.10. The van der Waals surface area contributed by atoms with E-state index in [1.165, 1.54) is 83.5 Å². The molecule has 2 saturated carbocycles. The van der Waals surface area contributed by atoms with Crippen LogP contribution < -0.4 is 0 Å². The summed E-state index contributed by atoms with van der Waals surface area (Å²) in [6, 6.07) is 0. The molecule has 0 N–H and O–H groups in total. The van der Waals surface area contributed by atoms with Crippen molar-refractivity contribution in [2.45, 2.75) is 257 Å². The monoisotopic (exact) mass is 635 g/mol. The highest BCUT2D eigenvalue weighted by atomic mass is 14.2. The SMILES string of the molecule is CC.CC.CC(C)(C)C.CC(C)C.CC1CC1.CC1CCC1.CCC.CCC(C)C.CCC(C)C.CCCC.CCCCC. The summed E-state index contributed by atoms with van der Waals surface area (Å²) in [4.78, 5) is 0. The van der Waals surface area contributed by atoms with Gasteiger partial charge in [0.05, 0.1) is 0 Å². The first kappa shape index (κ1) is 66.4. The maximum Gasteiger partial charge on any atom is -0.0411 e. The number of unbranched alkanes of at least 4 members (excludes halogenated alkanes) is 3. The van der Waals surface area contributed by atoms with Gasteiger partial charge in [0.25, 0.3) is 0 Å². The van der Waals surface area contributed by atoms with Crippen LogP contribution in [0.4, 0.5) is 0 Å². The number of hydrogen-bond donors (Lipinski definition) is 0. The maximum absolute atomic E-state index is 2.31. The lowest BCUT2D eigenvalue weighted by Gasteiger charge is -2.18. The summed E-state index contributed by atoms with van der Waals surface area (Å²) < 4.78 is 0. The number of rotatable bonds is 5. The molecule has 282 valence electrons. The van der Waals surface area contributed by atoms with Crippen molar-refractivity contribution in [3.63, 3.8) is 0 Å². The van der Waals surface area contributed by atoms with Gasteiger partial charge in [-0.3, -0.25) is 0 Å². The van der Waals surface area contributed by atoms with Gasteiger partial charge in [-0.1, -0.05) is 257 Å². The van der Waals surface area contributed by atoms with Gasteiger partial charge in [0, 0.05) is 0 Å². The Morgan fingerprint density at radius 3 is 0.636 bits per heavy atom. The van der Waals surface area contributed by atoms with Crippen LogP contribution in [-0.4, -0.2) is 0 Å². The van der Waals surface area contributed by atoms with E-state index in [4.69, 9.17) is 0 Å². The van der Waals surface area contributed by atoms with Gasteiger partial charge in [-0.15, -0.1) is 0 Å². The second kappa shape index (κ2) is 65.6. The van der Waals surface area contributed by atoms with E-state index in [0.29, 0.717) is 5.41 Å². The van der Waals surface area contributed by atoms with Crippen LogP contribution >= 0.6 is 0 Å². The standard InChI is InChI=1S/C5H10.4C5H12.C4H8.2C4H10.C3H8.2C2H6/c1-5-3-2-4-5;1-5(2,3)4;2*1-4-5(2)3;1-3-5-4-2;1-4-2-3-4;1-4(2)3;1-3-4-2;1-3-2;2*1-2/h5H,2-4H2,1H3;1-4H3;2*5H,4H2,1-3H3;3-5H2,1-2H3;4H,2-3H2,1H3;4H,1-3H3;3-4H2,1-2H3;3H2,1-2H3;2*1-2H3. The first-order chi connectivity index (χ1) is 20.3. The van der Waals surface area contributed by atoms with Crippen LogP contribution in [0.3, 0.4) is 0 Å².